The third-order valence-corrected chi connectivity index (χ3v) is 13.7. The number of hydrogen-bond donors (Lipinski definition) is 3. The second-order valence-electron chi connectivity index (χ2n) is 20.4. The maximum atomic E-state index is 13.3. The minimum absolute atomic E-state index is 0.0432. The Kier molecular flexibility index (Phi) is 54.0. The SMILES string of the molecule is CCCCC/C=C\C/C=C\C/C=C\C/C=C\CCCC(CC(=O)NC(CO)C(O)CCCCCCCCCCCCCCCCCC)OC(=O)CCCCCCCCCCCCCCCCCC. The zero-order chi connectivity index (χ0) is 49.5. The Hall–Kier alpha value is -2.18. The number of allylic oxidation sites excluding steroid dienone is 8. The lowest BCUT2D eigenvalue weighted by atomic mass is 10.0. The molecule has 0 aromatic heterocycles. The van der Waals surface area contributed by atoms with Gasteiger partial charge in [-0.3, -0.25) is 9.59 Å². The second-order valence-corrected chi connectivity index (χ2v) is 20.4. The van der Waals surface area contributed by atoms with Crippen molar-refractivity contribution >= 4 is 11.9 Å². The molecule has 0 radical (unpaired) electrons. The van der Waals surface area contributed by atoms with E-state index in [0.29, 0.717) is 19.3 Å². The summed E-state index contributed by atoms with van der Waals surface area (Å²) in [6.07, 6.45) is 68.9. The highest BCUT2D eigenvalue weighted by molar-refractivity contribution is 5.77. The lowest BCUT2D eigenvalue weighted by molar-refractivity contribution is -0.151. The molecule has 0 saturated heterocycles. The summed E-state index contributed by atoms with van der Waals surface area (Å²) in [5, 5.41) is 23.9. The number of hydrogen-bond acceptors (Lipinski definition) is 5. The van der Waals surface area contributed by atoms with Crippen LogP contribution in [-0.4, -0.2) is 46.9 Å². The lowest BCUT2D eigenvalue weighted by Gasteiger charge is -2.24. The summed E-state index contributed by atoms with van der Waals surface area (Å²) in [6, 6.07) is -0.719. The Bertz CT molecular complexity index is 1160. The van der Waals surface area contributed by atoms with Gasteiger partial charge in [-0.15, -0.1) is 0 Å². The van der Waals surface area contributed by atoms with Gasteiger partial charge in [0.25, 0.3) is 0 Å². The van der Waals surface area contributed by atoms with E-state index in [0.717, 1.165) is 70.6 Å². The van der Waals surface area contributed by atoms with E-state index >= 15 is 0 Å². The van der Waals surface area contributed by atoms with E-state index in [9.17, 15) is 19.8 Å². The molecule has 0 fully saturated rings. The summed E-state index contributed by atoms with van der Waals surface area (Å²) in [5.41, 5.74) is 0. The molecule has 0 spiro atoms. The molecular formula is C62H115NO5. The van der Waals surface area contributed by atoms with Crippen LogP contribution in [-0.2, 0) is 14.3 Å². The van der Waals surface area contributed by atoms with Crippen molar-refractivity contribution in [2.75, 3.05) is 6.61 Å². The van der Waals surface area contributed by atoms with Crippen molar-refractivity contribution in [3.8, 4) is 0 Å². The summed E-state index contributed by atoms with van der Waals surface area (Å²) in [5.74, 6) is -0.513. The zero-order valence-corrected chi connectivity index (χ0v) is 45.5. The first-order valence-corrected chi connectivity index (χ1v) is 29.9. The molecule has 6 heteroatoms. The third kappa shape index (κ3) is 50.2. The average Bonchev–Trinajstić information content (AvgIpc) is 3.33. The molecule has 3 atom stereocenters. The lowest BCUT2D eigenvalue weighted by Crippen LogP contribution is -2.46. The van der Waals surface area contributed by atoms with Gasteiger partial charge < -0.3 is 20.3 Å². The quantitative estimate of drug-likeness (QED) is 0.0321. The number of unbranched alkanes of at least 4 members (excludes halogenated alkanes) is 34. The van der Waals surface area contributed by atoms with Crippen molar-refractivity contribution in [2.45, 2.75) is 328 Å². The maximum absolute atomic E-state index is 13.3. The molecule has 0 aliphatic heterocycles. The van der Waals surface area contributed by atoms with Crippen LogP contribution in [0.4, 0.5) is 0 Å². The fourth-order valence-electron chi connectivity index (χ4n) is 9.13. The Morgan fingerprint density at radius 2 is 0.765 bits per heavy atom. The van der Waals surface area contributed by atoms with Gasteiger partial charge in [0, 0.05) is 6.42 Å². The van der Waals surface area contributed by atoms with Gasteiger partial charge in [0.15, 0.2) is 0 Å². The first-order chi connectivity index (χ1) is 33.5. The zero-order valence-electron chi connectivity index (χ0n) is 45.5. The van der Waals surface area contributed by atoms with Crippen LogP contribution in [0.5, 0.6) is 0 Å². The van der Waals surface area contributed by atoms with Crippen LogP contribution in [0.15, 0.2) is 48.6 Å². The third-order valence-electron chi connectivity index (χ3n) is 13.7. The topological polar surface area (TPSA) is 95.9 Å². The number of aliphatic hydroxyl groups excluding tert-OH is 2. The van der Waals surface area contributed by atoms with Crippen LogP contribution >= 0.6 is 0 Å². The molecule has 3 N–H and O–H groups in total. The average molecular weight is 955 g/mol. The summed E-state index contributed by atoms with van der Waals surface area (Å²) < 4.78 is 5.94. The van der Waals surface area contributed by atoms with Crippen molar-refractivity contribution < 1.29 is 24.5 Å². The molecular weight excluding hydrogens is 839 g/mol. The number of carbonyl (C=O) groups is 2. The van der Waals surface area contributed by atoms with Crippen LogP contribution in [0.1, 0.15) is 310 Å². The fraction of sp³-hybridized carbons (Fsp3) is 0.839. The standard InChI is InChI=1S/C62H115NO5/c1-4-7-10-13-16-19-22-25-28-31-32-35-38-41-44-47-50-53-58(68-62(67)55-52-49-46-43-40-37-34-30-27-24-21-18-15-12-9-6-3)56-61(66)63-59(57-64)60(65)54-51-48-45-42-39-36-33-29-26-23-20-17-14-11-8-5-2/h16,19,25,28,32,35,41,44,58-60,64-65H,4-15,17-18,20-24,26-27,29-31,33-34,36-40,42-43,45-57H2,1-3H3,(H,63,66)/b19-16-,28-25-,35-32-,44-41-. The van der Waals surface area contributed by atoms with Crippen LogP contribution in [0.25, 0.3) is 0 Å². The summed E-state index contributed by atoms with van der Waals surface area (Å²) in [7, 11) is 0. The number of carbonyl (C=O) groups excluding carboxylic acids is 2. The normalized spacial score (nSPS) is 13.4. The molecule has 0 aliphatic carbocycles. The van der Waals surface area contributed by atoms with Gasteiger partial charge in [-0.2, -0.15) is 0 Å². The first kappa shape index (κ1) is 65.8. The minimum Gasteiger partial charge on any atom is -0.462 e. The van der Waals surface area contributed by atoms with Crippen LogP contribution in [0, 0.1) is 0 Å². The molecule has 6 nitrogen and oxygen atoms in total. The molecule has 68 heavy (non-hydrogen) atoms. The molecule has 0 aliphatic rings. The highest BCUT2D eigenvalue weighted by Gasteiger charge is 2.24. The Labute approximate surface area is 423 Å². The Balaban J connectivity index is 4.62. The number of amides is 1. The smallest absolute Gasteiger partial charge is 0.306 e. The molecule has 0 rings (SSSR count). The number of rotatable bonds is 54. The van der Waals surface area contributed by atoms with E-state index in [1.165, 1.54) is 193 Å². The second kappa shape index (κ2) is 55.7. The van der Waals surface area contributed by atoms with E-state index in [4.69, 9.17) is 4.74 Å². The molecule has 0 aromatic rings. The van der Waals surface area contributed by atoms with Crippen molar-refractivity contribution in [1.82, 2.24) is 5.32 Å². The van der Waals surface area contributed by atoms with Gasteiger partial charge in [-0.1, -0.05) is 281 Å². The fourth-order valence-corrected chi connectivity index (χ4v) is 9.13. The van der Waals surface area contributed by atoms with E-state index in [1.807, 2.05) is 0 Å². The maximum Gasteiger partial charge on any atom is 0.306 e. The molecule has 398 valence electrons. The summed E-state index contributed by atoms with van der Waals surface area (Å²) >= 11 is 0. The largest absolute Gasteiger partial charge is 0.462 e. The highest BCUT2D eigenvalue weighted by atomic mass is 16.5. The number of esters is 1. The summed E-state index contributed by atoms with van der Waals surface area (Å²) in [4.78, 5) is 26.3. The van der Waals surface area contributed by atoms with E-state index in [2.05, 4.69) is 74.7 Å². The van der Waals surface area contributed by atoms with Gasteiger partial charge in [0.1, 0.15) is 6.10 Å². The van der Waals surface area contributed by atoms with Crippen molar-refractivity contribution in [2.24, 2.45) is 0 Å². The molecule has 1 amide bonds. The predicted molar refractivity (Wildman–Crippen MR) is 296 cm³/mol. The first-order valence-electron chi connectivity index (χ1n) is 29.9. The van der Waals surface area contributed by atoms with E-state index in [-0.39, 0.29) is 24.9 Å². The molecule has 3 unspecified atom stereocenters. The summed E-state index contributed by atoms with van der Waals surface area (Å²) in [6.45, 7) is 6.48. The highest BCUT2D eigenvalue weighted by Crippen LogP contribution is 2.18. The van der Waals surface area contributed by atoms with Crippen LogP contribution in [0.3, 0.4) is 0 Å². The molecule has 0 saturated carbocycles. The van der Waals surface area contributed by atoms with Gasteiger partial charge in [-0.05, 0) is 64.2 Å². The number of ether oxygens (including phenoxy) is 1. The van der Waals surface area contributed by atoms with Crippen molar-refractivity contribution in [3.63, 3.8) is 0 Å². The van der Waals surface area contributed by atoms with E-state index in [1.54, 1.807) is 0 Å². The van der Waals surface area contributed by atoms with Gasteiger partial charge in [0.2, 0.25) is 5.91 Å². The number of nitrogens with one attached hydrogen (secondary N) is 1. The molecule has 0 bridgehead atoms. The number of aliphatic hydroxyl groups is 2. The van der Waals surface area contributed by atoms with Crippen LogP contribution in [0.2, 0.25) is 0 Å². The van der Waals surface area contributed by atoms with Gasteiger partial charge in [-0.25, -0.2) is 0 Å². The van der Waals surface area contributed by atoms with Gasteiger partial charge in [0.05, 0.1) is 25.2 Å². The monoisotopic (exact) mass is 954 g/mol. The van der Waals surface area contributed by atoms with Crippen LogP contribution < -0.4 is 5.32 Å². The molecule has 0 aromatic carbocycles. The van der Waals surface area contributed by atoms with Gasteiger partial charge >= 0.3 is 5.97 Å². The molecule has 0 heterocycles. The Morgan fingerprint density at radius 1 is 0.426 bits per heavy atom. The minimum atomic E-state index is -0.802. The predicted octanol–water partition coefficient (Wildman–Crippen LogP) is 18.6. The van der Waals surface area contributed by atoms with Crippen molar-refractivity contribution in [1.29, 1.82) is 0 Å². The Morgan fingerprint density at radius 3 is 1.16 bits per heavy atom. The van der Waals surface area contributed by atoms with E-state index < -0.39 is 18.2 Å². The van der Waals surface area contributed by atoms with Crippen molar-refractivity contribution in [3.05, 3.63) is 48.6 Å².